The molecule has 0 aromatic carbocycles. The largest absolute Gasteiger partial charge is 0.352 e. The minimum Gasteiger partial charge on any atom is -0.352 e. The van der Waals surface area contributed by atoms with Crippen molar-refractivity contribution in [1.82, 2.24) is 10.3 Å². The molecular formula is C13H15ClN2O. The first-order valence-corrected chi connectivity index (χ1v) is 6.22. The molecule has 1 aromatic heterocycles. The van der Waals surface area contributed by atoms with E-state index in [0.29, 0.717) is 12.1 Å². The van der Waals surface area contributed by atoms with Crippen molar-refractivity contribution in [2.45, 2.75) is 25.7 Å². The molecule has 1 heterocycles. The van der Waals surface area contributed by atoms with E-state index in [0.717, 1.165) is 6.42 Å². The number of carbonyl (C=O) groups excluding carboxylic acids is 1. The number of aromatic nitrogens is 1. The second-order valence-corrected chi connectivity index (χ2v) is 4.46. The van der Waals surface area contributed by atoms with Gasteiger partial charge in [0, 0.05) is 12.7 Å². The topological polar surface area (TPSA) is 42.0 Å². The molecule has 17 heavy (non-hydrogen) atoms. The third-order valence-corrected chi connectivity index (χ3v) is 3.17. The van der Waals surface area contributed by atoms with Crippen LogP contribution in [0.2, 0.25) is 5.15 Å². The van der Waals surface area contributed by atoms with Crippen molar-refractivity contribution in [3.8, 4) is 0 Å². The van der Waals surface area contributed by atoms with Crippen LogP contribution < -0.4 is 5.32 Å². The van der Waals surface area contributed by atoms with Gasteiger partial charge >= 0.3 is 0 Å². The Bertz CT molecular complexity index is 443. The van der Waals surface area contributed by atoms with E-state index in [9.17, 15) is 4.79 Å². The van der Waals surface area contributed by atoms with Gasteiger partial charge in [-0.3, -0.25) is 4.79 Å². The second-order valence-electron chi connectivity index (χ2n) is 4.10. The van der Waals surface area contributed by atoms with E-state index in [1.54, 1.807) is 18.3 Å². The average Bonchev–Trinajstić information content (AvgIpc) is 2.82. The summed E-state index contributed by atoms with van der Waals surface area (Å²) in [7, 11) is 0. The molecular weight excluding hydrogens is 236 g/mol. The van der Waals surface area contributed by atoms with Gasteiger partial charge in [0.05, 0.1) is 5.56 Å². The molecule has 90 valence electrons. The van der Waals surface area contributed by atoms with Crippen molar-refractivity contribution in [3.05, 3.63) is 40.7 Å². The fourth-order valence-corrected chi connectivity index (χ4v) is 2.16. The van der Waals surface area contributed by atoms with Gasteiger partial charge in [-0.1, -0.05) is 23.3 Å². The average molecular weight is 251 g/mol. The van der Waals surface area contributed by atoms with Crippen LogP contribution in [0.4, 0.5) is 0 Å². The van der Waals surface area contributed by atoms with E-state index in [4.69, 9.17) is 11.6 Å². The van der Waals surface area contributed by atoms with Gasteiger partial charge in [-0.15, -0.1) is 0 Å². The van der Waals surface area contributed by atoms with Crippen molar-refractivity contribution >= 4 is 17.5 Å². The lowest BCUT2D eigenvalue weighted by molar-refractivity contribution is 0.0954. The van der Waals surface area contributed by atoms with E-state index >= 15 is 0 Å². The third kappa shape index (κ3) is 3.30. The Morgan fingerprint density at radius 1 is 1.53 bits per heavy atom. The lowest BCUT2D eigenvalue weighted by Gasteiger charge is -2.06. The Hall–Kier alpha value is -1.35. The first-order chi connectivity index (χ1) is 8.27. The predicted octanol–water partition coefficient (Wildman–Crippen LogP) is 2.97. The third-order valence-electron chi connectivity index (χ3n) is 2.87. The number of allylic oxidation sites excluding steroid dienone is 1. The normalized spacial score (nSPS) is 14.5. The highest BCUT2D eigenvalue weighted by molar-refractivity contribution is 6.32. The standard InChI is InChI=1S/C13H15ClN2O/c14-12-11(6-3-8-15-12)13(17)16-9-7-10-4-1-2-5-10/h3-4,6,8H,1-2,5,7,9H2,(H,16,17). The Labute approximate surface area is 106 Å². The zero-order chi connectivity index (χ0) is 12.1. The van der Waals surface area contributed by atoms with Crippen molar-refractivity contribution in [2.24, 2.45) is 0 Å². The van der Waals surface area contributed by atoms with Crippen molar-refractivity contribution < 1.29 is 4.79 Å². The van der Waals surface area contributed by atoms with E-state index in [1.807, 2.05) is 0 Å². The van der Waals surface area contributed by atoms with Crippen LogP contribution in [0.15, 0.2) is 30.0 Å². The molecule has 0 radical (unpaired) electrons. The van der Waals surface area contributed by atoms with Gasteiger partial charge in [-0.25, -0.2) is 4.98 Å². The van der Waals surface area contributed by atoms with Crippen LogP contribution >= 0.6 is 11.6 Å². The summed E-state index contributed by atoms with van der Waals surface area (Å²) in [6.45, 7) is 0.663. The van der Waals surface area contributed by atoms with Gasteiger partial charge in [0.15, 0.2) is 0 Å². The molecule has 1 aromatic rings. The molecule has 1 N–H and O–H groups in total. The molecule has 0 aliphatic heterocycles. The minimum atomic E-state index is -0.151. The highest BCUT2D eigenvalue weighted by Crippen LogP contribution is 2.19. The first kappa shape index (κ1) is 12.1. The van der Waals surface area contributed by atoms with Crippen LogP contribution in [0.25, 0.3) is 0 Å². The highest BCUT2D eigenvalue weighted by atomic mass is 35.5. The molecule has 0 atom stereocenters. The maximum atomic E-state index is 11.8. The molecule has 2 rings (SSSR count). The van der Waals surface area contributed by atoms with E-state index in [-0.39, 0.29) is 11.1 Å². The SMILES string of the molecule is O=C(NCCC1=CCCC1)c1cccnc1Cl. The Balaban J connectivity index is 1.83. The van der Waals surface area contributed by atoms with Crippen molar-refractivity contribution in [3.63, 3.8) is 0 Å². The predicted molar refractivity (Wildman–Crippen MR) is 68.1 cm³/mol. The summed E-state index contributed by atoms with van der Waals surface area (Å²) in [4.78, 5) is 15.7. The number of amides is 1. The Kier molecular flexibility index (Phi) is 4.15. The van der Waals surface area contributed by atoms with Crippen molar-refractivity contribution in [1.29, 1.82) is 0 Å². The zero-order valence-electron chi connectivity index (χ0n) is 9.58. The number of nitrogens with zero attached hydrogens (tertiary/aromatic N) is 1. The van der Waals surface area contributed by atoms with Gasteiger partial charge in [0.2, 0.25) is 0 Å². The molecule has 0 saturated heterocycles. The second kappa shape index (κ2) is 5.82. The maximum absolute atomic E-state index is 11.8. The number of carbonyl (C=O) groups is 1. The smallest absolute Gasteiger partial charge is 0.254 e. The fourth-order valence-electron chi connectivity index (χ4n) is 1.95. The lowest BCUT2D eigenvalue weighted by Crippen LogP contribution is -2.25. The van der Waals surface area contributed by atoms with Crippen LogP contribution in [0.5, 0.6) is 0 Å². The Morgan fingerprint density at radius 3 is 3.12 bits per heavy atom. The van der Waals surface area contributed by atoms with E-state index in [1.165, 1.54) is 24.8 Å². The number of pyridine rings is 1. The molecule has 4 heteroatoms. The number of hydrogen-bond acceptors (Lipinski definition) is 2. The molecule has 0 fully saturated rings. The first-order valence-electron chi connectivity index (χ1n) is 5.84. The van der Waals surface area contributed by atoms with E-state index in [2.05, 4.69) is 16.4 Å². The molecule has 0 bridgehead atoms. The summed E-state index contributed by atoms with van der Waals surface area (Å²) in [5.74, 6) is -0.151. The van der Waals surface area contributed by atoms with Gasteiger partial charge in [-0.2, -0.15) is 0 Å². The molecule has 1 aliphatic carbocycles. The summed E-state index contributed by atoms with van der Waals surface area (Å²) in [6, 6.07) is 3.39. The molecule has 0 saturated carbocycles. The van der Waals surface area contributed by atoms with Crippen LogP contribution in [0, 0.1) is 0 Å². The van der Waals surface area contributed by atoms with E-state index < -0.39 is 0 Å². The maximum Gasteiger partial charge on any atom is 0.254 e. The summed E-state index contributed by atoms with van der Waals surface area (Å²) in [5, 5.41) is 3.12. The number of halogens is 1. The molecule has 0 spiro atoms. The van der Waals surface area contributed by atoms with Crippen LogP contribution in [0.3, 0.4) is 0 Å². The quantitative estimate of drug-likeness (QED) is 0.659. The zero-order valence-corrected chi connectivity index (χ0v) is 10.3. The molecule has 3 nitrogen and oxygen atoms in total. The monoisotopic (exact) mass is 250 g/mol. The number of hydrogen-bond donors (Lipinski definition) is 1. The number of nitrogens with one attached hydrogen (secondary N) is 1. The van der Waals surface area contributed by atoms with Gasteiger partial charge < -0.3 is 5.32 Å². The number of rotatable bonds is 4. The Morgan fingerprint density at radius 2 is 2.41 bits per heavy atom. The summed E-state index contributed by atoms with van der Waals surface area (Å²) in [5.41, 5.74) is 1.89. The van der Waals surface area contributed by atoms with Crippen LogP contribution in [-0.4, -0.2) is 17.4 Å². The summed E-state index contributed by atoms with van der Waals surface area (Å²) < 4.78 is 0. The summed E-state index contributed by atoms with van der Waals surface area (Å²) >= 11 is 5.84. The molecule has 1 amide bonds. The van der Waals surface area contributed by atoms with Crippen LogP contribution in [0.1, 0.15) is 36.0 Å². The minimum absolute atomic E-state index is 0.151. The molecule has 0 unspecified atom stereocenters. The van der Waals surface area contributed by atoms with Gasteiger partial charge in [-0.05, 0) is 37.8 Å². The summed E-state index contributed by atoms with van der Waals surface area (Å²) in [6.07, 6.45) is 8.37. The van der Waals surface area contributed by atoms with Crippen LogP contribution in [-0.2, 0) is 0 Å². The van der Waals surface area contributed by atoms with Crippen molar-refractivity contribution in [2.75, 3.05) is 6.54 Å². The fraction of sp³-hybridized carbons (Fsp3) is 0.385. The lowest BCUT2D eigenvalue weighted by atomic mass is 10.1. The van der Waals surface area contributed by atoms with Gasteiger partial charge in [0.1, 0.15) is 5.15 Å². The van der Waals surface area contributed by atoms with Gasteiger partial charge in [0.25, 0.3) is 5.91 Å². The molecule has 1 aliphatic rings. The highest BCUT2D eigenvalue weighted by Gasteiger charge is 2.10.